The number of nitrogens with zero attached hydrogens (tertiary/aromatic N) is 1. The maximum Gasteiger partial charge on any atom is 0.232 e. The summed E-state index contributed by atoms with van der Waals surface area (Å²) in [5.74, 6) is -1.13. The highest BCUT2D eigenvalue weighted by molar-refractivity contribution is 7.92. The molecule has 5 nitrogen and oxygen atoms in total. The third-order valence-corrected chi connectivity index (χ3v) is 6.61. The van der Waals surface area contributed by atoms with E-state index in [0.29, 0.717) is 17.0 Å². The van der Waals surface area contributed by atoms with E-state index in [1.807, 2.05) is 26.0 Å². The van der Waals surface area contributed by atoms with Crippen LogP contribution in [-0.4, -0.2) is 19.2 Å². The van der Waals surface area contributed by atoms with Gasteiger partial charge in [0.25, 0.3) is 0 Å². The molecule has 1 N–H and O–H groups in total. The summed E-state index contributed by atoms with van der Waals surface area (Å²) in [6, 6.07) is 10.3. The molecule has 0 aliphatic heterocycles. The third-order valence-electron chi connectivity index (χ3n) is 5.32. The second-order valence-electron chi connectivity index (χ2n) is 8.03. The van der Waals surface area contributed by atoms with Gasteiger partial charge >= 0.3 is 0 Å². The first-order valence-electron chi connectivity index (χ1n) is 10.4. The molecule has 1 aromatic heterocycles. The fourth-order valence-corrected chi connectivity index (χ4v) is 4.29. The molecule has 1 aliphatic carbocycles. The van der Waals surface area contributed by atoms with Crippen LogP contribution >= 0.6 is 0 Å². The second kappa shape index (κ2) is 8.50. The molecule has 0 atom stereocenters. The van der Waals surface area contributed by atoms with E-state index >= 15 is 0 Å². The summed E-state index contributed by atoms with van der Waals surface area (Å²) in [5, 5.41) is 0. The molecule has 32 heavy (non-hydrogen) atoms. The molecule has 8 heteroatoms. The van der Waals surface area contributed by atoms with Gasteiger partial charge in [-0.1, -0.05) is 0 Å². The van der Waals surface area contributed by atoms with Crippen molar-refractivity contribution >= 4 is 15.7 Å². The highest BCUT2D eigenvalue weighted by atomic mass is 32.2. The number of benzene rings is 2. The van der Waals surface area contributed by atoms with Crippen LogP contribution in [0.1, 0.15) is 42.6 Å². The zero-order valence-electron chi connectivity index (χ0n) is 18.1. The normalized spacial score (nSPS) is 13.8. The number of rotatable bonds is 7. The monoisotopic (exact) mass is 458 g/mol. The number of halogens is 2. The Kier molecular flexibility index (Phi) is 5.90. The Morgan fingerprint density at radius 1 is 1.03 bits per heavy atom. The predicted octanol–water partition coefficient (Wildman–Crippen LogP) is 6.07. The Hall–Kier alpha value is -3.00. The van der Waals surface area contributed by atoms with E-state index in [-0.39, 0.29) is 17.4 Å². The van der Waals surface area contributed by atoms with E-state index in [4.69, 9.17) is 4.74 Å². The van der Waals surface area contributed by atoms with E-state index in [9.17, 15) is 17.2 Å². The first-order valence-corrected chi connectivity index (χ1v) is 12.1. The molecule has 1 aliphatic rings. The Balaban J connectivity index is 1.90. The minimum absolute atomic E-state index is 0.0566. The number of sulfonamides is 1. The van der Waals surface area contributed by atoms with Gasteiger partial charge < -0.3 is 4.74 Å². The van der Waals surface area contributed by atoms with Gasteiger partial charge in [-0.3, -0.25) is 9.71 Å². The fraction of sp³-hybridized carbons (Fsp3) is 0.292. The van der Waals surface area contributed by atoms with Gasteiger partial charge in [-0.25, -0.2) is 17.2 Å². The summed E-state index contributed by atoms with van der Waals surface area (Å²) in [5.41, 5.74) is 4.18. The van der Waals surface area contributed by atoms with Crippen LogP contribution in [0.3, 0.4) is 0 Å². The number of ether oxygens (including phenoxy) is 1. The van der Waals surface area contributed by atoms with Crippen LogP contribution in [0, 0.1) is 25.5 Å². The summed E-state index contributed by atoms with van der Waals surface area (Å²) in [7, 11) is -3.50. The zero-order chi connectivity index (χ0) is 23.0. The van der Waals surface area contributed by atoms with Crippen molar-refractivity contribution in [2.45, 2.75) is 39.5 Å². The molecule has 2 aromatic carbocycles. The summed E-state index contributed by atoms with van der Waals surface area (Å²) < 4.78 is 61.0. The summed E-state index contributed by atoms with van der Waals surface area (Å²) in [4.78, 5) is 4.39. The number of anilines is 1. The molecular weight excluding hydrogens is 434 g/mol. The lowest BCUT2D eigenvalue weighted by atomic mass is 9.98. The van der Waals surface area contributed by atoms with Gasteiger partial charge in [0.05, 0.1) is 11.4 Å². The number of hydrogen-bond acceptors (Lipinski definition) is 4. The lowest BCUT2D eigenvalue weighted by Gasteiger charge is -2.19. The van der Waals surface area contributed by atoms with Gasteiger partial charge in [0.15, 0.2) is 11.6 Å². The highest BCUT2D eigenvalue weighted by Crippen LogP contribution is 2.48. The van der Waals surface area contributed by atoms with Gasteiger partial charge in [-0.05, 0) is 87.1 Å². The van der Waals surface area contributed by atoms with Gasteiger partial charge in [0, 0.05) is 23.0 Å². The number of aromatic nitrogens is 1. The smallest absolute Gasteiger partial charge is 0.232 e. The molecule has 0 radical (unpaired) electrons. The van der Waals surface area contributed by atoms with Crippen molar-refractivity contribution in [2.75, 3.05) is 10.5 Å². The average Bonchev–Trinajstić information content (AvgIpc) is 3.55. The largest absolute Gasteiger partial charge is 0.454 e. The Labute approximate surface area is 186 Å². The van der Waals surface area contributed by atoms with Crippen LogP contribution in [0.4, 0.5) is 14.5 Å². The van der Waals surface area contributed by atoms with E-state index < -0.39 is 21.7 Å². The average molecular weight is 459 g/mol. The molecule has 0 amide bonds. The van der Waals surface area contributed by atoms with Crippen molar-refractivity contribution in [3.05, 3.63) is 71.1 Å². The van der Waals surface area contributed by atoms with Crippen LogP contribution in [0.25, 0.3) is 11.1 Å². The summed E-state index contributed by atoms with van der Waals surface area (Å²) in [6.45, 7) is 5.29. The van der Waals surface area contributed by atoms with Crippen LogP contribution in [0.2, 0.25) is 0 Å². The predicted molar refractivity (Wildman–Crippen MR) is 121 cm³/mol. The molecule has 1 heterocycles. The van der Waals surface area contributed by atoms with E-state index in [1.165, 1.54) is 6.07 Å². The molecule has 1 saturated carbocycles. The first-order chi connectivity index (χ1) is 15.1. The van der Waals surface area contributed by atoms with Gasteiger partial charge in [-0.2, -0.15) is 0 Å². The van der Waals surface area contributed by atoms with E-state index in [1.54, 1.807) is 19.1 Å². The summed E-state index contributed by atoms with van der Waals surface area (Å²) >= 11 is 0. The minimum Gasteiger partial charge on any atom is -0.454 e. The van der Waals surface area contributed by atoms with Crippen molar-refractivity contribution in [1.82, 2.24) is 4.98 Å². The van der Waals surface area contributed by atoms with Crippen LogP contribution in [-0.2, 0) is 10.0 Å². The van der Waals surface area contributed by atoms with Crippen molar-refractivity contribution in [3.8, 4) is 22.6 Å². The minimum atomic E-state index is -3.50. The molecule has 0 spiro atoms. The zero-order valence-corrected chi connectivity index (χ0v) is 18.9. The van der Waals surface area contributed by atoms with E-state index in [0.717, 1.165) is 47.5 Å². The van der Waals surface area contributed by atoms with Crippen LogP contribution < -0.4 is 9.46 Å². The molecule has 0 unspecified atom stereocenters. The number of aryl methyl sites for hydroxylation is 2. The fourth-order valence-electron chi connectivity index (χ4n) is 3.63. The van der Waals surface area contributed by atoms with Crippen LogP contribution in [0.15, 0.2) is 42.5 Å². The Morgan fingerprint density at radius 2 is 1.72 bits per heavy atom. The molecule has 0 bridgehead atoms. The molecule has 4 rings (SSSR count). The van der Waals surface area contributed by atoms with Crippen molar-refractivity contribution in [1.29, 1.82) is 0 Å². The SMILES string of the molecule is CCS(=O)(=O)Nc1cc(-c2cc(C)nc(C)c2)c(Oc2ccc(F)cc2F)cc1C1CC1. The number of hydrogen-bond donors (Lipinski definition) is 1. The first kappa shape index (κ1) is 22.2. The second-order valence-corrected chi connectivity index (χ2v) is 10.0. The quantitative estimate of drug-likeness (QED) is 0.466. The lowest BCUT2D eigenvalue weighted by molar-refractivity contribution is 0.438. The standard InChI is InChI=1S/C24H24F2N2O3S/c1-4-32(29,30)28-22-12-20(17-9-14(2)27-15(3)10-17)24(13-19(22)16-5-6-16)31-23-8-7-18(25)11-21(23)26/h7-13,16,28H,4-6H2,1-3H3. The maximum atomic E-state index is 14.4. The number of pyridine rings is 1. The van der Waals surface area contributed by atoms with E-state index in [2.05, 4.69) is 9.71 Å². The Bertz CT molecular complexity index is 1270. The third kappa shape index (κ3) is 4.91. The molecule has 3 aromatic rings. The summed E-state index contributed by atoms with van der Waals surface area (Å²) in [6.07, 6.45) is 1.86. The lowest BCUT2D eigenvalue weighted by Crippen LogP contribution is -2.16. The molecule has 1 fully saturated rings. The number of nitrogens with one attached hydrogen (secondary N) is 1. The molecule has 168 valence electrons. The van der Waals surface area contributed by atoms with Gasteiger partial charge in [0.1, 0.15) is 11.6 Å². The highest BCUT2D eigenvalue weighted by Gasteiger charge is 2.29. The van der Waals surface area contributed by atoms with Crippen molar-refractivity contribution < 1.29 is 21.9 Å². The van der Waals surface area contributed by atoms with Crippen LogP contribution in [0.5, 0.6) is 11.5 Å². The Morgan fingerprint density at radius 3 is 2.31 bits per heavy atom. The van der Waals surface area contributed by atoms with Crippen molar-refractivity contribution in [2.24, 2.45) is 0 Å². The van der Waals surface area contributed by atoms with Crippen molar-refractivity contribution in [3.63, 3.8) is 0 Å². The molecular formula is C24H24F2N2O3S. The topological polar surface area (TPSA) is 68.3 Å². The van der Waals surface area contributed by atoms with Gasteiger partial charge in [-0.15, -0.1) is 0 Å². The maximum absolute atomic E-state index is 14.4. The van der Waals surface area contributed by atoms with Gasteiger partial charge in [0.2, 0.25) is 10.0 Å². The molecule has 0 saturated heterocycles.